The smallest absolute Gasteiger partial charge is 0.328 e. The first kappa shape index (κ1) is 13.0. The first-order valence-corrected chi connectivity index (χ1v) is 5.40. The number of amides is 1. The molecule has 4 heteroatoms. The number of hydrogen-bond acceptors (Lipinski definition) is 2. The maximum absolute atomic E-state index is 11.4. The van der Waals surface area contributed by atoms with E-state index in [0.29, 0.717) is 0 Å². The lowest BCUT2D eigenvalue weighted by atomic mass is 10.0. The Bertz CT molecular complexity index is 412. The maximum atomic E-state index is 11.4. The van der Waals surface area contributed by atoms with Gasteiger partial charge in [0.15, 0.2) is 0 Å². The van der Waals surface area contributed by atoms with E-state index in [0.717, 1.165) is 24.1 Å². The van der Waals surface area contributed by atoms with Crippen molar-refractivity contribution < 1.29 is 14.7 Å². The summed E-state index contributed by atoms with van der Waals surface area (Å²) in [5.41, 5.74) is 1.01. The van der Waals surface area contributed by atoms with Gasteiger partial charge in [-0.05, 0) is 12.0 Å². The van der Waals surface area contributed by atoms with E-state index in [1.165, 1.54) is 0 Å². The van der Waals surface area contributed by atoms with Gasteiger partial charge in [0.25, 0.3) is 0 Å². The van der Waals surface area contributed by atoms with Crippen molar-refractivity contribution in [2.24, 2.45) is 0 Å². The van der Waals surface area contributed by atoms with Gasteiger partial charge in [-0.15, -0.1) is 0 Å². The van der Waals surface area contributed by atoms with Crippen LogP contribution in [0.2, 0.25) is 0 Å². The molecule has 4 nitrogen and oxygen atoms in total. The standard InChI is InChI=1S/C13H15NO3/c1-2-11(10-6-4-3-5-7-10)14-12(15)8-9-13(16)17/h3-9,11H,2H2,1H3,(H,14,15)(H,16,17)/b9-8-/t11-/m1/s1. The average Bonchev–Trinajstić information content (AvgIpc) is 2.34. The van der Waals surface area contributed by atoms with E-state index in [2.05, 4.69) is 5.32 Å². The normalized spacial score (nSPS) is 12.3. The number of aliphatic carboxylic acids is 1. The summed E-state index contributed by atoms with van der Waals surface area (Å²) in [5, 5.41) is 11.2. The Kier molecular flexibility index (Phi) is 4.94. The van der Waals surface area contributed by atoms with Crippen LogP contribution in [-0.4, -0.2) is 17.0 Å². The third kappa shape index (κ3) is 4.51. The fourth-order valence-electron chi connectivity index (χ4n) is 1.47. The minimum atomic E-state index is -1.13. The topological polar surface area (TPSA) is 66.4 Å². The highest BCUT2D eigenvalue weighted by molar-refractivity contribution is 5.94. The van der Waals surface area contributed by atoms with Crippen LogP contribution >= 0.6 is 0 Å². The predicted octanol–water partition coefficient (Wildman–Crippen LogP) is 1.89. The highest BCUT2D eigenvalue weighted by Crippen LogP contribution is 2.15. The van der Waals surface area contributed by atoms with Crippen molar-refractivity contribution in [3.8, 4) is 0 Å². The van der Waals surface area contributed by atoms with Crippen molar-refractivity contribution in [1.29, 1.82) is 0 Å². The highest BCUT2D eigenvalue weighted by Gasteiger charge is 2.10. The number of carbonyl (C=O) groups is 2. The van der Waals surface area contributed by atoms with E-state index in [1.807, 2.05) is 37.3 Å². The molecule has 0 bridgehead atoms. The van der Waals surface area contributed by atoms with Crippen LogP contribution in [0.15, 0.2) is 42.5 Å². The SMILES string of the molecule is CC[C@@H](NC(=O)/C=C\C(=O)O)c1ccccc1. The minimum absolute atomic E-state index is 0.0952. The summed E-state index contributed by atoms with van der Waals surface area (Å²) in [6.45, 7) is 1.96. The summed E-state index contributed by atoms with van der Waals surface area (Å²) in [6.07, 6.45) is 2.59. The van der Waals surface area contributed by atoms with Crippen molar-refractivity contribution in [3.63, 3.8) is 0 Å². The molecule has 17 heavy (non-hydrogen) atoms. The second-order valence-corrected chi connectivity index (χ2v) is 3.55. The zero-order chi connectivity index (χ0) is 12.7. The molecule has 0 heterocycles. The summed E-state index contributed by atoms with van der Waals surface area (Å²) in [6, 6.07) is 9.46. The van der Waals surface area contributed by atoms with Crippen molar-refractivity contribution in [1.82, 2.24) is 5.32 Å². The maximum Gasteiger partial charge on any atom is 0.328 e. The molecule has 1 rings (SSSR count). The monoisotopic (exact) mass is 233 g/mol. The van der Waals surface area contributed by atoms with Crippen molar-refractivity contribution in [2.75, 3.05) is 0 Å². The quantitative estimate of drug-likeness (QED) is 0.763. The molecule has 0 saturated heterocycles. The summed E-state index contributed by atoms with van der Waals surface area (Å²) in [5.74, 6) is -1.53. The lowest BCUT2D eigenvalue weighted by Gasteiger charge is -2.16. The van der Waals surface area contributed by atoms with Gasteiger partial charge in [-0.3, -0.25) is 4.79 Å². The average molecular weight is 233 g/mol. The summed E-state index contributed by atoms with van der Waals surface area (Å²) < 4.78 is 0. The zero-order valence-corrected chi connectivity index (χ0v) is 9.59. The molecule has 2 N–H and O–H groups in total. The third-order valence-electron chi connectivity index (χ3n) is 2.30. The number of benzene rings is 1. The van der Waals surface area contributed by atoms with Crippen molar-refractivity contribution in [2.45, 2.75) is 19.4 Å². The molecule has 0 aliphatic heterocycles. The Morgan fingerprint density at radius 3 is 2.47 bits per heavy atom. The van der Waals surface area contributed by atoms with Crippen LogP contribution in [0.3, 0.4) is 0 Å². The summed E-state index contributed by atoms with van der Waals surface area (Å²) >= 11 is 0. The number of carboxylic acids is 1. The molecule has 0 radical (unpaired) electrons. The van der Waals surface area contributed by atoms with Crippen molar-refractivity contribution >= 4 is 11.9 Å². The van der Waals surface area contributed by atoms with Gasteiger partial charge < -0.3 is 10.4 Å². The Balaban J connectivity index is 2.65. The lowest BCUT2D eigenvalue weighted by Crippen LogP contribution is -2.26. The molecule has 1 aromatic rings. The minimum Gasteiger partial charge on any atom is -0.478 e. The molecular formula is C13H15NO3. The van der Waals surface area contributed by atoms with Crippen LogP contribution in [0, 0.1) is 0 Å². The van der Waals surface area contributed by atoms with Crippen LogP contribution in [0.1, 0.15) is 24.9 Å². The Hall–Kier alpha value is -2.10. The van der Waals surface area contributed by atoms with Gasteiger partial charge in [0, 0.05) is 12.2 Å². The number of carbonyl (C=O) groups excluding carboxylic acids is 1. The highest BCUT2D eigenvalue weighted by atomic mass is 16.4. The van der Waals surface area contributed by atoms with Gasteiger partial charge in [0.1, 0.15) is 0 Å². The second-order valence-electron chi connectivity index (χ2n) is 3.55. The van der Waals surface area contributed by atoms with Crippen LogP contribution in [0.25, 0.3) is 0 Å². The van der Waals surface area contributed by atoms with Crippen LogP contribution in [0.4, 0.5) is 0 Å². The molecule has 1 aromatic carbocycles. The van der Waals surface area contributed by atoms with Gasteiger partial charge in [-0.25, -0.2) is 4.79 Å². The molecule has 0 aromatic heterocycles. The summed E-state index contributed by atoms with van der Waals surface area (Å²) in [7, 11) is 0. The summed E-state index contributed by atoms with van der Waals surface area (Å²) in [4.78, 5) is 21.7. The first-order valence-electron chi connectivity index (χ1n) is 5.40. The Morgan fingerprint density at radius 2 is 1.94 bits per heavy atom. The lowest BCUT2D eigenvalue weighted by molar-refractivity contribution is -0.131. The fraction of sp³-hybridized carbons (Fsp3) is 0.231. The van der Waals surface area contributed by atoms with Crippen LogP contribution in [-0.2, 0) is 9.59 Å². The van der Waals surface area contributed by atoms with Crippen LogP contribution < -0.4 is 5.32 Å². The molecule has 90 valence electrons. The molecule has 0 unspecified atom stereocenters. The third-order valence-corrected chi connectivity index (χ3v) is 2.30. The van der Waals surface area contributed by atoms with Gasteiger partial charge >= 0.3 is 5.97 Å². The molecular weight excluding hydrogens is 218 g/mol. The number of nitrogens with one attached hydrogen (secondary N) is 1. The van der Waals surface area contributed by atoms with E-state index < -0.39 is 11.9 Å². The van der Waals surface area contributed by atoms with E-state index in [9.17, 15) is 9.59 Å². The Labute approximate surface area is 100.0 Å². The molecule has 1 amide bonds. The van der Waals surface area contributed by atoms with Gasteiger partial charge in [-0.2, -0.15) is 0 Å². The van der Waals surface area contributed by atoms with E-state index in [-0.39, 0.29) is 6.04 Å². The molecule has 1 atom stereocenters. The first-order chi connectivity index (χ1) is 8.13. The molecule has 0 aliphatic rings. The second kappa shape index (κ2) is 6.48. The molecule has 0 spiro atoms. The fourth-order valence-corrected chi connectivity index (χ4v) is 1.47. The molecule has 0 aliphatic carbocycles. The van der Waals surface area contributed by atoms with Gasteiger partial charge in [-0.1, -0.05) is 37.3 Å². The van der Waals surface area contributed by atoms with Crippen LogP contribution in [0.5, 0.6) is 0 Å². The largest absolute Gasteiger partial charge is 0.478 e. The van der Waals surface area contributed by atoms with Crippen molar-refractivity contribution in [3.05, 3.63) is 48.0 Å². The van der Waals surface area contributed by atoms with E-state index in [1.54, 1.807) is 0 Å². The number of rotatable bonds is 5. The van der Waals surface area contributed by atoms with E-state index >= 15 is 0 Å². The predicted molar refractivity (Wildman–Crippen MR) is 64.4 cm³/mol. The van der Waals surface area contributed by atoms with E-state index in [4.69, 9.17) is 5.11 Å². The van der Waals surface area contributed by atoms with Gasteiger partial charge in [0.2, 0.25) is 5.91 Å². The zero-order valence-electron chi connectivity index (χ0n) is 9.59. The molecule has 0 saturated carbocycles. The molecule has 0 fully saturated rings. The van der Waals surface area contributed by atoms with Gasteiger partial charge in [0.05, 0.1) is 6.04 Å². The number of carboxylic acid groups (broad SMARTS) is 1. The number of hydrogen-bond donors (Lipinski definition) is 2. The Morgan fingerprint density at radius 1 is 1.29 bits per heavy atom.